The number of aromatic nitrogens is 5. The molecule has 0 radical (unpaired) electrons. The summed E-state index contributed by atoms with van der Waals surface area (Å²) >= 11 is 3.15. The lowest BCUT2D eigenvalue weighted by Gasteiger charge is -2.33. The Morgan fingerprint density at radius 1 is 1.19 bits per heavy atom. The average molecular weight is 536 g/mol. The third-order valence-corrected chi connectivity index (χ3v) is 7.58. The van der Waals surface area contributed by atoms with Crippen molar-refractivity contribution in [1.29, 1.82) is 0 Å². The number of carbonyl (C=O) groups is 1. The van der Waals surface area contributed by atoms with Crippen LogP contribution in [-0.2, 0) is 23.2 Å². The van der Waals surface area contributed by atoms with Gasteiger partial charge in [0, 0.05) is 45.1 Å². The molecule has 172 valence electrons. The maximum absolute atomic E-state index is 13.4. The Morgan fingerprint density at radius 2 is 1.84 bits per heavy atom. The SMILES string of the molecule is Cc1cc(C(F)(F)F)n2nc(C(=O)N3CCN(S(=O)(=O)c4cnn(C)c4)CC3)c(Br)c2n1. The molecule has 0 unspecified atom stereocenters. The van der Waals surface area contributed by atoms with Crippen LogP contribution in [0.1, 0.15) is 21.9 Å². The molecule has 3 aromatic rings. The van der Waals surface area contributed by atoms with E-state index in [1.54, 1.807) is 7.05 Å². The highest BCUT2D eigenvalue weighted by Gasteiger charge is 2.37. The number of aryl methyl sites for hydroxylation is 2. The minimum Gasteiger partial charge on any atom is -0.335 e. The van der Waals surface area contributed by atoms with E-state index in [9.17, 15) is 26.4 Å². The number of sulfonamides is 1. The molecule has 4 rings (SSSR count). The molecule has 0 bridgehead atoms. The van der Waals surface area contributed by atoms with Crippen LogP contribution in [0.2, 0.25) is 0 Å². The van der Waals surface area contributed by atoms with Crippen molar-refractivity contribution in [3.63, 3.8) is 0 Å². The molecule has 1 aliphatic rings. The summed E-state index contributed by atoms with van der Waals surface area (Å²) in [5.41, 5.74) is -1.28. The van der Waals surface area contributed by atoms with Crippen molar-refractivity contribution in [3.05, 3.63) is 40.0 Å². The summed E-state index contributed by atoms with van der Waals surface area (Å²) in [6.07, 6.45) is -2.06. The summed E-state index contributed by atoms with van der Waals surface area (Å²) in [4.78, 5) is 18.5. The fraction of sp³-hybridized carbons (Fsp3) is 0.412. The summed E-state index contributed by atoms with van der Waals surface area (Å²) in [5, 5.41) is 7.73. The Kier molecular flexibility index (Phi) is 5.53. The number of carbonyl (C=O) groups excluding carboxylic acids is 1. The first-order valence-corrected chi connectivity index (χ1v) is 11.5. The quantitative estimate of drug-likeness (QED) is 0.505. The van der Waals surface area contributed by atoms with Gasteiger partial charge in [-0.1, -0.05) is 0 Å². The number of amides is 1. The highest BCUT2D eigenvalue weighted by molar-refractivity contribution is 9.10. The normalized spacial score (nSPS) is 16.1. The fourth-order valence-electron chi connectivity index (χ4n) is 3.41. The van der Waals surface area contributed by atoms with Gasteiger partial charge in [-0.3, -0.25) is 9.48 Å². The van der Waals surface area contributed by atoms with Gasteiger partial charge in [-0.2, -0.15) is 27.7 Å². The van der Waals surface area contributed by atoms with Crippen LogP contribution in [0, 0.1) is 6.92 Å². The molecular weight excluding hydrogens is 519 g/mol. The van der Waals surface area contributed by atoms with Crippen LogP contribution in [0.5, 0.6) is 0 Å². The van der Waals surface area contributed by atoms with Gasteiger partial charge < -0.3 is 4.90 Å². The van der Waals surface area contributed by atoms with Crippen molar-refractivity contribution in [1.82, 2.24) is 33.6 Å². The second-order valence-corrected chi connectivity index (χ2v) is 9.96. The van der Waals surface area contributed by atoms with E-state index in [1.165, 1.54) is 33.2 Å². The lowest BCUT2D eigenvalue weighted by Crippen LogP contribution is -2.50. The van der Waals surface area contributed by atoms with Crippen LogP contribution in [-0.4, -0.2) is 74.1 Å². The molecule has 1 aliphatic heterocycles. The molecule has 0 saturated carbocycles. The number of nitrogens with zero attached hydrogens (tertiary/aromatic N) is 7. The summed E-state index contributed by atoms with van der Waals surface area (Å²) in [6, 6.07) is 0.850. The van der Waals surface area contributed by atoms with Crippen LogP contribution in [0.4, 0.5) is 13.2 Å². The van der Waals surface area contributed by atoms with Gasteiger partial charge in [0.05, 0.1) is 10.7 Å². The molecular formula is C17H17BrF3N7O3S. The Bertz CT molecular complexity index is 1310. The van der Waals surface area contributed by atoms with Gasteiger partial charge in [0.25, 0.3) is 5.91 Å². The Morgan fingerprint density at radius 3 is 2.41 bits per heavy atom. The van der Waals surface area contributed by atoms with Gasteiger partial charge in [0.1, 0.15) is 10.6 Å². The van der Waals surface area contributed by atoms with E-state index in [2.05, 4.69) is 31.1 Å². The maximum atomic E-state index is 13.4. The molecule has 32 heavy (non-hydrogen) atoms. The third kappa shape index (κ3) is 3.88. The molecule has 4 heterocycles. The second kappa shape index (κ2) is 7.81. The van der Waals surface area contributed by atoms with Crippen LogP contribution in [0.3, 0.4) is 0 Å². The van der Waals surface area contributed by atoms with E-state index in [1.807, 2.05) is 0 Å². The predicted molar refractivity (Wildman–Crippen MR) is 108 cm³/mol. The first-order valence-electron chi connectivity index (χ1n) is 9.30. The molecule has 0 aliphatic carbocycles. The van der Waals surface area contributed by atoms with Crippen molar-refractivity contribution >= 4 is 37.5 Å². The van der Waals surface area contributed by atoms with E-state index < -0.39 is 27.8 Å². The number of fused-ring (bicyclic) bond motifs is 1. The molecule has 1 saturated heterocycles. The van der Waals surface area contributed by atoms with E-state index in [0.717, 1.165) is 6.07 Å². The van der Waals surface area contributed by atoms with Crippen LogP contribution >= 0.6 is 15.9 Å². The number of alkyl halides is 3. The standard InChI is InChI=1S/C17H17BrF3N7O3S/c1-10-7-12(17(19,20)21)28-15(23-10)13(18)14(24-28)16(29)26-3-5-27(6-4-26)32(30,31)11-8-22-25(2)9-11/h7-9H,3-6H2,1-2H3. The summed E-state index contributed by atoms with van der Waals surface area (Å²) in [6.45, 7) is 1.57. The summed E-state index contributed by atoms with van der Waals surface area (Å²) < 4.78 is 68.9. The number of halogens is 4. The van der Waals surface area contributed by atoms with Gasteiger partial charge in [-0.25, -0.2) is 17.9 Å². The smallest absolute Gasteiger partial charge is 0.335 e. The fourth-order valence-corrected chi connectivity index (χ4v) is 5.33. The molecule has 15 heteroatoms. The average Bonchev–Trinajstić information content (AvgIpc) is 3.30. The number of hydrogen-bond acceptors (Lipinski definition) is 6. The third-order valence-electron chi connectivity index (χ3n) is 5.00. The van der Waals surface area contributed by atoms with E-state index in [4.69, 9.17) is 0 Å². The van der Waals surface area contributed by atoms with Gasteiger partial charge in [-0.15, -0.1) is 0 Å². The summed E-state index contributed by atoms with van der Waals surface area (Å²) in [7, 11) is -2.16. The van der Waals surface area contributed by atoms with Crippen LogP contribution in [0.15, 0.2) is 27.8 Å². The maximum Gasteiger partial charge on any atom is 0.433 e. The van der Waals surface area contributed by atoms with Gasteiger partial charge >= 0.3 is 6.18 Å². The van der Waals surface area contributed by atoms with Crippen molar-refractivity contribution in [3.8, 4) is 0 Å². The monoisotopic (exact) mass is 535 g/mol. The van der Waals surface area contributed by atoms with Gasteiger partial charge in [0.2, 0.25) is 10.0 Å². The predicted octanol–water partition coefficient (Wildman–Crippen LogP) is 1.70. The first-order chi connectivity index (χ1) is 14.9. The van der Waals surface area contributed by atoms with Crippen molar-refractivity contribution in [2.24, 2.45) is 7.05 Å². The second-order valence-electron chi connectivity index (χ2n) is 7.22. The highest BCUT2D eigenvalue weighted by Crippen LogP contribution is 2.32. The zero-order chi connectivity index (χ0) is 23.4. The van der Waals surface area contributed by atoms with E-state index >= 15 is 0 Å². The minimum atomic E-state index is -4.69. The molecule has 1 fully saturated rings. The van der Waals surface area contributed by atoms with Crippen molar-refractivity contribution in [2.75, 3.05) is 26.2 Å². The molecule has 0 spiro atoms. The number of piperazine rings is 1. The van der Waals surface area contributed by atoms with Gasteiger partial charge in [0.15, 0.2) is 11.3 Å². The Hall–Kier alpha value is -2.52. The first kappa shape index (κ1) is 22.7. The van der Waals surface area contributed by atoms with Crippen LogP contribution < -0.4 is 0 Å². The molecule has 0 N–H and O–H groups in total. The zero-order valence-electron chi connectivity index (χ0n) is 16.8. The molecule has 0 atom stereocenters. The van der Waals surface area contributed by atoms with Crippen molar-refractivity contribution in [2.45, 2.75) is 18.0 Å². The number of hydrogen-bond donors (Lipinski definition) is 0. The zero-order valence-corrected chi connectivity index (χ0v) is 19.2. The Labute approximate surface area is 188 Å². The topological polar surface area (TPSA) is 106 Å². The Balaban J connectivity index is 1.58. The molecule has 3 aromatic heterocycles. The van der Waals surface area contributed by atoms with E-state index in [-0.39, 0.29) is 52.6 Å². The largest absolute Gasteiger partial charge is 0.433 e. The van der Waals surface area contributed by atoms with Gasteiger partial charge in [-0.05, 0) is 28.9 Å². The number of rotatable bonds is 3. The lowest BCUT2D eigenvalue weighted by molar-refractivity contribution is -0.142. The lowest BCUT2D eigenvalue weighted by atomic mass is 10.3. The molecule has 0 aromatic carbocycles. The molecule has 10 nitrogen and oxygen atoms in total. The van der Waals surface area contributed by atoms with Crippen LogP contribution in [0.25, 0.3) is 5.65 Å². The van der Waals surface area contributed by atoms with Crippen molar-refractivity contribution < 1.29 is 26.4 Å². The minimum absolute atomic E-state index is 0.0269. The summed E-state index contributed by atoms with van der Waals surface area (Å²) in [5.74, 6) is -0.619. The van der Waals surface area contributed by atoms with E-state index in [0.29, 0.717) is 4.52 Å². The highest BCUT2D eigenvalue weighted by atomic mass is 79.9. The molecule has 1 amide bonds.